The Balaban J connectivity index is 1.55. The van der Waals surface area contributed by atoms with Gasteiger partial charge in [0.25, 0.3) is 5.60 Å². The molecule has 31 heavy (non-hydrogen) atoms. The largest absolute Gasteiger partial charge is 0.515 e. The number of benzene rings is 2. The van der Waals surface area contributed by atoms with Crippen LogP contribution in [-0.2, 0) is 30.3 Å². The second-order valence-corrected chi connectivity index (χ2v) is 7.80. The minimum absolute atomic E-state index is 0.00797. The van der Waals surface area contributed by atoms with Crippen molar-refractivity contribution >= 4 is 17.9 Å². The van der Waals surface area contributed by atoms with Crippen molar-refractivity contribution in [2.24, 2.45) is 5.41 Å². The molecule has 160 valence electrons. The third-order valence-corrected chi connectivity index (χ3v) is 5.67. The normalized spacial score (nSPS) is 26.0. The molecule has 0 radical (unpaired) electrons. The van der Waals surface area contributed by atoms with Gasteiger partial charge < -0.3 is 18.9 Å². The molecule has 2 aliphatic rings. The number of esters is 1. The third-order valence-electron chi connectivity index (χ3n) is 5.67. The summed E-state index contributed by atoms with van der Waals surface area (Å²) in [6.07, 6.45) is 0.442. The third kappa shape index (κ3) is 3.84. The van der Waals surface area contributed by atoms with E-state index < -0.39 is 28.9 Å². The van der Waals surface area contributed by atoms with Gasteiger partial charge in [0.05, 0.1) is 12.0 Å². The molecule has 2 saturated heterocycles. The molecule has 0 amide bonds. The van der Waals surface area contributed by atoms with E-state index in [-0.39, 0.29) is 12.4 Å². The molecule has 0 bridgehead atoms. The summed E-state index contributed by atoms with van der Waals surface area (Å²) in [7, 11) is 0. The lowest BCUT2D eigenvalue weighted by atomic mass is 9.72. The predicted molar refractivity (Wildman–Crippen MR) is 109 cm³/mol. The van der Waals surface area contributed by atoms with E-state index in [1.165, 1.54) is 0 Å². The second-order valence-electron chi connectivity index (χ2n) is 7.80. The van der Waals surface area contributed by atoms with Crippen LogP contribution in [-0.4, -0.2) is 36.7 Å². The predicted octanol–water partition coefficient (Wildman–Crippen LogP) is 3.83. The molecule has 2 aromatic carbocycles. The van der Waals surface area contributed by atoms with E-state index in [9.17, 15) is 14.4 Å². The SMILES string of the molecule is C[C@]1(CCOCc2ccccc2)COC(=O)[C@]12OC(=O)O/C2=C/C(=O)c1ccccc1. The van der Waals surface area contributed by atoms with Gasteiger partial charge in [-0.25, -0.2) is 9.59 Å². The molecule has 2 fully saturated rings. The van der Waals surface area contributed by atoms with Crippen molar-refractivity contribution in [3.63, 3.8) is 0 Å². The lowest BCUT2D eigenvalue weighted by Crippen LogP contribution is -2.50. The zero-order valence-corrected chi connectivity index (χ0v) is 17.0. The summed E-state index contributed by atoms with van der Waals surface area (Å²) in [5, 5.41) is 0. The average molecular weight is 422 g/mol. The van der Waals surface area contributed by atoms with E-state index in [1.54, 1.807) is 37.3 Å². The van der Waals surface area contributed by atoms with Crippen LogP contribution in [0.2, 0.25) is 0 Å². The van der Waals surface area contributed by atoms with Gasteiger partial charge in [0.1, 0.15) is 6.61 Å². The van der Waals surface area contributed by atoms with Crippen molar-refractivity contribution in [3.05, 3.63) is 83.6 Å². The summed E-state index contributed by atoms with van der Waals surface area (Å²) < 4.78 is 21.6. The van der Waals surface area contributed by atoms with Crippen LogP contribution < -0.4 is 0 Å². The molecular formula is C24H22O7. The zero-order chi connectivity index (χ0) is 21.9. The highest BCUT2D eigenvalue weighted by molar-refractivity contribution is 6.06. The first-order chi connectivity index (χ1) is 14.9. The molecule has 0 aliphatic carbocycles. The Labute approximate surface area is 179 Å². The molecule has 2 atom stereocenters. The van der Waals surface area contributed by atoms with Crippen LogP contribution in [0.15, 0.2) is 72.5 Å². The van der Waals surface area contributed by atoms with Gasteiger partial charge in [0.15, 0.2) is 11.5 Å². The summed E-state index contributed by atoms with van der Waals surface area (Å²) in [6, 6.07) is 18.2. The molecule has 2 aromatic rings. The van der Waals surface area contributed by atoms with Gasteiger partial charge in [-0.3, -0.25) is 4.79 Å². The second kappa shape index (κ2) is 8.35. The summed E-state index contributed by atoms with van der Waals surface area (Å²) in [4.78, 5) is 37.5. The lowest BCUT2D eigenvalue weighted by molar-refractivity contribution is -0.151. The molecule has 0 saturated carbocycles. The number of ketones is 1. The van der Waals surface area contributed by atoms with Crippen LogP contribution in [0.5, 0.6) is 0 Å². The lowest BCUT2D eigenvalue weighted by Gasteiger charge is -2.33. The molecule has 1 spiro atoms. The molecule has 2 aliphatic heterocycles. The van der Waals surface area contributed by atoms with Crippen molar-refractivity contribution in [1.82, 2.24) is 0 Å². The van der Waals surface area contributed by atoms with Gasteiger partial charge in [0, 0.05) is 18.2 Å². The van der Waals surface area contributed by atoms with E-state index in [2.05, 4.69) is 0 Å². The van der Waals surface area contributed by atoms with Crippen LogP contribution in [0.3, 0.4) is 0 Å². The molecule has 2 heterocycles. The number of cyclic esters (lactones) is 2. The highest BCUT2D eigenvalue weighted by Crippen LogP contribution is 2.52. The van der Waals surface area contributed by atoms with Crippen LogP contribution in [0, 0.1) is 5.41 Å². The number of ether oxygens (including phenoxy) is 4. The maximum atomic E-state index is 12.8. The van der Waals surface area contributed by atoms with E-state index in [1.807, 2.05) is 30.3 Å². The van der Waals surface area contributed by atoms with Crippen LogP contribution in [0.4, 0.5) is 4.79 Å². The van der Waals surface area contributed by atoms with Gasteiger partial charge >= 0.3 is 12.1 Å². The Morgan fingerprint density at radius 2 is 1.74 bits per heavy atom. The smallest absolute Gasteiger partial charge is 0.462 e. The highest BCUT2D eigenvalue weighted by atomic mass is 16.8. The Morgan fingerprint density at radius 3 is 2.45 bits per heavy atom. The van der Waals surface area contributed by atoms with Crippen molar-refractivity contribution in [2.45, 2.75) is 25.6 Å². The molecular weight excluding hydrogens is 400 g/mol. The molecule has 0 N–H and O–H groups in total. The fourth-order valence-electron chi connectivity index (χ4n) is 3.84. The van der Waals surface area contributed by atoms with Crippen LogP contribution in [0.25, 0.3) is 0 Å². The van der Waals surface area contributed by atoms with E-state index >= 15 is 0 Å². The maximum absolute atomic E-state index is 12.8. The molecule has 7 nitrogen and oxygen atoms in total. The molecule has 4 rings (SSSR count). The van der Waals surface area contributed by atoms with Crippen molar-refractivity contribution in [1.29, 1.82) is 0 Å². The van der Waals surface area contributed by atoms with E-state index in [0.717, 1.165) is 11.6 Å². The summed E-state index contributed by atoms with van der Waals surface area (Å²) >= 11 is 0. The first-order valence-corrected chi connectivity index (χ1v) is 9.96. The van der Waals surface area contributed by atoms with Crippen molar-refractivity contribution < 1.29 is 33.3 Å². The van der Waals surface area contributed by atoms with E-state index in [4.69, 9.17) is 18.9 Å². The first-order valence-electron chi connectivity index (χ1n) is 9.96. The standard InChI is InChI=1S/C24H22O7/c1-23(12-13-28-15-17-8-4-2-5-9-17)16-29-21(26)24(23)20(30-22(27)31-24)14-19(25)18-10-6-3-7-11-18/h2-11,14H,12-13,15-16H2,1H3/b20-14+/t23-,24-/m0/s1. The zero-order valence-electron chi connectivity index (χ0n) is 17.0. The Morgan fingerprint density at radius 1 is 1.06 bits per heavy atom. The average Bonchev–Trinajstić information content (AvgIpc) is 3.25. The monoisotopic (exact) mass is 422 g/mol. The number of hydrogen-bond donors (Lipinski definition) is 0. The minimum atomic E-state index is -1.81. The number of allylic oxidation sites excluding steroid dienone is 1. The fourth-order valence-corrected chi connectivity index (χ4v) is 3.84. The fraction of sp³-hybridized carbons (Fsp3) is 0.292. The summed E-state index contributed by atoms with van der Waals surface area (Å²) in [5.41, 5.74) is -1.36. The van der Waals surface area contributed by atoms with Gasteiger partial charge in [-0.1, -0.05) is 67.6 Å². The Hall–Kier alpha value is -3.45. The number of carbonyl (C=O) groups excluding carboxylic acids is 3. The van der Waals surface area contributed by atoms with Crippen LogP contribution >= 0.6 is 0 Å². The Bertz CT molecular complexity index is 1010. The molecule has 0 unspecified atom stereocenters. The number of hydrogen-bond acceptors (Lipinski definition) is 7. The number of rotatable bonds is 7. The van der Waals surface area contributed by atoms with Crippen LogP contribution in [0.1, 0.15) is 29.3 Å². The highest BCUT2D eigenvalue weighted by Gasteiger charge is 2.70. The topological polar surface area (TPSA) is 88.1 Å². The molecule has 0 aromatic heterocycles. The summed E-state index contributed by atoms with van der Waals surface area (Å²) in [5.74, 6) is -1.31. The quantitative estimate of drug-likeness (QED) is 0.290. The van der Waals surface area contributed by atoms with Gasteiger partial charge in [0.2, 0.25) is 0 Å². The van der Waals surface area contributed by atoms with Gasteiger partial charge in [-0.15, -0.1) is 0 Å². The van der Waals surface area contributed by atoms with Crippen molar-refractivity contribution in [3.8, 4) is 0 Å². The van der Waals surface area contributed by atoms with E-state index in [0.29, 0.717) is 25.2 Å². The summed E-state index contributed by atoms with van der Waals surface area (Å²) in [6.45, 7) is 2.46. The maximum Gasteiger partial charge on any atom is 0.515 e. The van der Waals surface area contributed by atoms with Crippen molar-refractivity contribution in [2.75, 3.05) is 13.2 Å². The minimum Gasteiger partial charge on any atom is -0.462 e. The first kappa shape index (κ1) is 20.8. The number of carbonyl (C=O) groups is 3. The molecule has 7 heteroatoms. The van der Waals surface area contributed by atoms with Gasteiger partial charge in [-0.2, -0.15) is 0 Å². The van der Waals surface area contributed by atoms with Gasteiger partial charge in [-0.05, 0) is 12.0 Å². The Kier molecular flexibility index (Phi) is 5.61.